The number of nitrogens with zero attached hydrogens (tertiary/aromatic N) is 1. The summed E-state index contributed by atoms with van der Waals surface area (Å²) in [5.41, 5.74) is -0.310. The average molecular weight is 343 g/mol. The lowest BCUT2D eigenvalue weighted by atomic mass is 10.1. The van der Waals surface area contributed by atoms with Crippen molar-refractivity contribution in [2.24, 2.45) is 0 Å². The number of carbonyl (C=O) groups excluding carboxylic acids is 1. The Morgan fingerprint density at radius 2 is 2.09 bits per heavy atom. The van der Waals surface area contributed by atoms with E-state index in [0.29, 0.717) is 10.6 Å². The fraction of sp³-hybridized carbons (Fsp3) is 0.400. The molecule has 1 N–H and O–H groups in total. The zero-order valence-electron chi connectivity index (χ0n) is 13.4. The van der Waals surface area contributed by atoms with Crippen LogP contribution in [0.2, 0.25) is 5.02 Å². The third kappa shape index (κ3) is 6.15. The Morgan fingerprint density at radius 3 is 2.61 bits per heavy atom. The third-order valence-corrected chi connectivity index (χ3v) is 2.88. The van der Waals surface area contributed by atoms with Crippen LogP contribution in [0.5, 0.6) is 5.75 Å². The summed E-state index contributed by atoms with van der Waals surface area (Å²) in [6.07, 6.45) is 2.64. The smallest absolute Gasteiger partial charge is 0.407 e. The molecule has 0 aliphatic heterocycles. The number of hydrogen-bond donors (Lipinski definition) is 1. The van der Waals surface area contributed by atoms with Gasteiger partial charge in [-0.25, -0.2) is 4.79 Å². The minimum atomic E-state index is -0.576. The van der Waals surface area contributed by atoms with Gasteiger partial charge in [-0.05, 0) is 26.3 Å². The summed E-state index contributed by atoms with van der Waals surface area (Å²) in [7, 11) is 1.33. The fourth-order valence-corrected chi connectivity index (χ4v) is 1.85. The number of nitro benzene ring substituents is 1. The van der Waals surface area contributed by atoms with Gasteiger partial charge in [-0.3, -0.25) is 10.1 Å². The Labute approximate surface area is 139 Å². The second-order valence-electron chi connectivity index (χ2n) is 5.59. The number of nitro groups is 1. The second-order valence-corrected chi connectivity index (χ2v) is 6.00. The van der Waals surface area contributed by atoms with Crippen LogP contribution >= 0.6 is 11.6 Å². The van der Waals surface area contributed by atoms with Gasteiger partial charge in [0.1, 0.15) is 5.60 Å². The van der Waals surface area contributed by atoms with Gasteiger partial charge in [-0.1, -0.05) is 23.8 Å². The van der Waals surface area contributed by atoms with Crippen LogP contribution in [-0.2, 0) is 4.74 Å². The lowest BCUT2D eigenvalue weighted by Crippen LogP contribution is -2.32. The van der Waals surface area contributed by atoms with Crippen molar-refractivity contribution in [1.29, 1.82) is 0 Å². The molecule has 0 heterocycles. The van der Waals surface area contributed by atoms with E-state index in [2.05, 4.69) is 5.32 Å². The Hall–Kier alpha value is -2.28. The number of carbonyl (C=O) groups is 1. The number of alkyl carbamates (subject to hydrolysis) is 1. The molecule has 1 rings (SSSR count). The van der Waals surface area contributed by atoms with Crippen LogP contribution in [0.15, 0.2) is 18.2 Å². The molecule has 126 valence electrons. The van der Waals surface area contributed by atoms with Gasteiger partial charge < -0.3 is 14.8 Å². The summed E-state index contributed by atoms with van der Waals surface area (Å²) in [5.74, 6) is 0.0871. The van der Waals surface area contributed by atoms with Crippen LogP contribution in [0.1, 0.15) is 26.3 Å². The van der Waals surface area contributed by atoms with Crippen LogP contribution in [0, 0.1) is 10.1 Å². The topological polar surface area (TPSA) is 90.7 Å². The second kappa shape index (κ2) is 7.82. The molecule has 0 saturated heterocycles. The predicted molar refractivity (Wildman–Crippen MR) is 87.9 cm³/mol. The van der Waals surface area contributed by atoms with Gasteiger partial charge in [0.25, 0.3) is 0 Å². The molecule has 7 nitrogen and oxygen atoms in total. The van der Waals surface area contributed by atoms with Crippen LogP contribution in [0.25, 0.3) is 6.08 Å². The molecule has 8 heteroatoms. The van der Waals surface area contributed by atoms with E-state index in [-0.39, 0.29) is 18.0 Å². The molecule has 0 aliphatic rings. The SMILES string of the molecule is COc1cc(Cl)c(C=CCNC(=O)OC(C)(C)C)cc1[N+](=O)[O-]. The Balaban J connectivity index is 2.75. The maximum atomic E-state index is 11.5. The molecular formula is C15H19ClN2O5. The van der Waals surface area contributed by atoms with E-state index < -0.39 is 16.6 Å². The molecule has 0 aromatic heterocycles. The number of methoxy groups -OCH3 is 1. The summed E-state index contributed by atoms with van der Waals surface area (Å²) in [6.45, 7) is 5.49. The van der Waals surface area contributed by atoms with Gasteiger partial charge in [0.05, 0.1) is 17.1 Å². The molecule has 1 aromatic carbocycles. The first-order valence-electron chi connectivity index (χ1n) is 6.79. The Morgan fingerprint density at radius 1 is 1.43 bits per heavy atom. The Kier molecular flexibility index (Phi) is 6.38. The normalized spacial score (nSPS) is 11.3. The minimum absolute atomic E-state index is 0.0871. The molecule has 1 aromatic rings. The highest BCUT2D eigenvalue weighted by molar-refractivity contribution is 6.32. The number of hydrogen-bond acceptors (Lipinski definition) is 5. The zero-order chi connectivity index (χ0) is 17.6. The molecule has 0 spiro atoms. The molecule has 1 amide bonds. The maximum Gasteiger partial charge on any atom is 0.407 e. The van der Waals surface area contributed by atoms with E-state index in [1.54, 1.807) is 32.9 Å². The molecular weight excluding hydrogens is 324 g/mol. The first-order valence-corrected chi connectivity index (χ1v) is 7.17. The maximum absolute atomic E-state index is 11.5. The molecule has 0 unspecified atom stereocenters. The van der Waals surface area contributed by atoms with Crippen molar-refractivity contribution in [3.8, 4) is 5.75 Å². The largest absolute Gasteiger partial charge is 0.490 e. The monoisotopic (exact) mass is 342 g/mol. The van der Waals surface area contributed by atoms with Gasteiger partial charge in [0.2, 0.25) is 0 Å². The molecule has 23 heavy (non-hydrogen) atoms. The summed E-state index contributed by atoms with van der Waals surface area (Å²) < 4.78 is 10.0. The van der Waals surface area contributed by atoms with Crippen molar-refractivity contribution in [2.75, 3.05) is 13.7 Å². The molecule has 0 radical (unpaired) electrons. The molecule has 0 saturated carbocycles. The van der Waals surface area contributed by atoms with Crippen molar-refractivity contribution in [2.45, 2.75) is 26.4 Å². The lowest BCUT2D eigenvalue weighted by molar-refractivity contribution is -0.385. The standard InChI is InChI=1S/C15H19ClN2O5/c1-15(2,3)23-14(19)17-7-5-6-10-8-12(18(20)21)13(22-4)9-11(10)16/h5-6,8-9H,7H2,1-4H3,(H,17,19). The first-order chi connectivity index (χ1) is 10.6. The Bertz CT molecular complexity index is 623. The van der Waals surface area contributed by atoms with E-state index in [1.165, 1.54) is 19.2 Å². The predicted octanol–water partition coefficient (Wildman–Crippen LogP) is 3.79. The van der Waals surface area contributed by atoms with Crippen LogP contribution in [0.4, 0.5) is 10.5 Å². The van der Waals surface area contributed by atoms with Crippen LogP contribution in [0.3, 0.4) is 0 Å². The minimum Gasteiger partial charge on any atom is -0.490 e. The molecule has 0 atom stereocenters. The highest BCUT2D eigenvalue weighted by Crippen LogP contribution is 2.33. The van der Waals surface area contributed by atoms with Gasteiger partial charge in [0, 0.05) is 18.7 Å². The van der Waals surface area contributed by atoms with Gasteiger partial charge in [-0.2, -0.15) is 0 Å². The van der Waals surface area contributed by atoms with E-state index >= 15 is 0 Å². The van der Waals surface area contributed by atoms with Crippen molar-refractivity contribution in [3.63, 3.8) is 0 Å². The quantitative estimate of drug-likeness (QED) is 0.649. The number of rotatable bonds is 5. The number of ether oxygens (including phenoxy) is 2. The van der Waals surface area contributed by atoms with Crippen molar-refractivity contribution in [3.05, 3.63) is 38.9 Å². The molecule has 0 fully saturated rings. The van der Waals surface area contributed by atoms with E-state index in [4.69, 9.17) is 21.1 Å². The van der Waals surface area contributed by atoms with Gasteiger partial charge in [0.15, 0.2) is 5.75 Å². The van der Waals surface area contributed by atoms with Crippen molar-refractivity contribution in [1.82, 2.24) is 5.32 Å². The molecule has 0 aliphatic carbocycles. The number of benzene rings is 1. The fourth-order valence-electron chi connectivity index (χ4n) is 1.64. The van der Waals surface area contributed by atoms with Crippen molar-refractivity contribution < 1.29 is 19.2 Å². The van der Waals surface area contributed by atoms with Crippen molar-refractivity contribution >= 4 is 29.5 Å². The summed E-state index contributed by atoms with van der Waals surface area (Å²) >= 11 is 6.05. The van der Waals surface area contributed by atoms with Gasteiger partial charge in [-0.15, -0.1) is 0 Å². The zero-order valence-corrected chi connectivity index (χ0v) is 14.1. The van der Waals surface area contributed by atoms with Crippen LogP contribution < -0.4 is 10.1 Å². The highest BCUT2D eigenvalue weighted by Gasteiger charge is 2.17. The first kappa shape index (κ1) is 18.8. The highest BCUT2D eigenvalue weighted by atomic mass is 35.5. The average Bonchev–Trinajstić information content (AvgIpc) is 2.42. The van der Waals surface area contributed by atoms with E-state index in [9.17, 15) is 14.9 Å². The summed E-state index contributed by atoms with van der Waals surface area (Å²) in [5, 5.41) is 13.8. The number of nitrogens with one attached hydrogen (secondary N) is 1. The molecule has 0 bridgehead atoms. The summed E-state index contributed by atoms with van der Waals surface area (Å²) in [4.78, 5) is 21.9. The van der Waals surface area contributed by atoms with Crippen LogP contribution in [-0.4, -0.2) is 30.3 Å². The van der Waals surface area contributed by atoms with Gasteiger partial charge >= 0.3 is 11.8 Å². The van der Waals surface area contributed by atoms with E-state index in [1.807, 2.05) is 0 Å². The number of amides is 1. The number of halogens is 1. The van der Waals surface area contributed by atoms with E-state index in [0.717, 1.165) is 0 Å². The third-order valence-electron chi connectivity index (χ3n) is 2.56. The summed E-state index contributed by atoms with van der Waals surface area (Å²) in [6, 6.07) is 2.69. The lowest BCUT2D eigenvalue weighted by Gasteiger charge is -2.19.